The molecule has 2 aromatic carbocycles. The molecule has 0 saturated heterocycles. The van der Waals surface area contributed by atoms with E-state index in [1.165, 1.54) is 31.2 Å². The summed E-state index contributed by atoms with van der Waals surface area (Å²) in [5.41, 5.74) is 1.46. The van der Waals surface area contributed by atoms with Crippen molar-refractivity contribution in [3.63, 3.8) is 0 Å². The number of halogens is 1. The molecule has 7 heteroatoms. The van der Waals surface area contributed by atoms with Crippen LogP contribution in [0.25, 0.3) is 10.9 Å². The predicted molar refractivity (Wildman–Crippen MR) is 111 cm³/mol. The highest BCUT2D eigenvalue weighted by atomic mass is 19.1. The number of para-hydroxylation sites is 1. The molecule has 0 spiro atoms. The predicted octanol–water partition coefficient (Wildman–Crippen LogP) is 3.88. The summed E-state index contributed by atoms with van der Waals surface area (Å²) in [5.74, 6) is -2.32. The van der Waals surface area contributed by atoms with Crippen LogP contribution in [0.2, 0.25) is 0 Å². The van der Waals surface area contributed by atoms with E-state index >= 15 is 0 Å². The van der Waals surface area contributed by atoms with Crippen LogP contribution in [0.5, 0.6) is 0 Å². The van der Waals surface area contributed by atoms with Crippen molar-refractivity contribution in [1.82, 2.24) is 10.3 Å². The largest absolute Gasteiger partial charge is 0.453 e. The van der Waals surface area contributed by atoms with Gasteiger partial charge in [0.05, 0.1) is 0 Å². The fourth-order valence-electron chi connectivity index (χ4n) is 3.12. The van der Waals surface area contributed by atoms with Gasteiger partial charge in [-0.1, -0.05) is 32.0 Å². The van der Waals surface area contributed by atoms with E-state index in [1.54, 1.807) is 20.0 Å². The van der Waals surface area contributed by atoms with Crippen molar-refractivity contribution in [3.05, 3.63) is 71.7 Å². The number of fused-ring (bicyclic) bond motifs is 1. The second kappa shape index (κ2) is 8.90. The van der Waals surface area contributed by atoms with Gasteiger partial charge in [-0.2, -0.15) is 0 Å². The first kappa shape index (κ1) is 21.2. The SMILES string of the molecule is CC(C)[C@H](NC(=O)c1ccc(F)cc1)C(=O)O[C@H](C)C(=O)c1c[nH]c2ccccc12. The molecule has 30 heavy (non-hydrogen) atoms. The molecule has 0 fully saturated rings. The topological polar surface area (TPSA) is 88.3 Å². The van der Waals surface area contributed by atoms with Gasteiger partial charge >= 0.3 is 5.97 Å². The first-order valence-corrected chi connectivity index (χ1v) is 9.65. The molecule has 3 aromatic rings. The number of amides is 1. The van der Waals surface area contributed by atoms with Gasteiger partial charge in [0.15, 0.2) is 6.10 Å². The fourth-order valence-corrected chi connectivity index (χ4v) is 3.12. The number of hydrogen-bond acceptors (Lipinski definition) is 4. The lowest BCUT2D eigenvalue weighted by atomic mass is 10.0. The molecule has 1 aromatic heterocycles. The molecular formula is C23H23FN2O4. The molecule has 0 aliphatic heterocycles. The van der Waals surface area contributed by atoms with Crippen LogP contribution in [-0.2, 0) is 9.53 Å². The van der Waals surface area contributed by atoms with Crippen molar-refractivity contribution >= 4 is 28.6 Å². The third-order valence-corrected chi connectivity index (χ3v) is 4.83. The van der Waals surface area contributed by atoms with Crippen LogP contribution in [0.3, 0.4) is 0 Å². The Morgan fingerprint density at radius 1 is 1.00 bits per heavy atom. The Morgan fingerprint density at radius 2 is 1.67 bits per heavy atom. The molecule has 0 aliphatic rings. The van der Waals surface area contributed by atoms with Gasteiger partial charge in [-0.15, -0.1) is 0 Å². The van der Waals surface area contributed by atoms with Crippen molar-refractivity contribution < 1.29 is 23.5 Å². The maximum absolute atomic E-state index is 13.1. The highest BCUT2D eigenvalue weighted by molar-refractivity contribution is 6.10. The zero-order valence-corrected chi connectivity index (χ0v) is 16.9. The summed E-state index contributed by atoms with van der Waals surface area (Å²) in [6, 6.07) is 11.4. The van der Waals surface area contributed by atoms with Crippen LogP contribution >= 0.6 is 0 Å². The lowest BCUT2D eigenvalue weighted by molar-refractivity contribution is -0.149. The Kier molecular flexibility index (Phi) is 6.30. The molecule has 2 atom stereocenters. The van der Waals surface area contributed by atoms with Crippen molar-refractivity contribution in [2.75, 3.05) is 0 Å². The third kappa shape index (κ3) is 4.56. The van der Waals surface area contributed by atoms with Gasteiger partial charge in [0.25, 0.3) is 5.91 Å². The average Bonchev–Trinajstić information content (AvgIpc) is 3.15. The molecule has 6 nitrogen and oxygen atoms in total. The molecule has 0 aliphatic carbocycles. The lowest BCUT2D eigenvalue weighted by Gasteiger charge is -2.22. The first-order valence-electron chi connectivity index (χ1n) is 9.65. The third-order valence-electron chi connectivity index (χ3n) is 4.83. The minimum Gasteiger partial charge on any atom is -0.453 e. The summed E-state index contributed by atoms with van der Waals surface area (Å²) in [7, 11) is 0. The number of ketones is 1. The second-order valence-electron chi connectivity index (χ2n) is 7.39. The van der Waals surface area contributed by atoms with Crippen LogP contribution in [0.1, 0.15) is 41.5 Å². The maximum atomic E-state index is 13.1. The number of H-pyrrole nitrogens is 1. The Balaban J connectivity index is 1.70. The number of aromatic amines is 1. The second-order valence-corrected chi connectivity index (χ2v) is 7.39. The maximum Gasteiger partial charge on any atom is 0.329 e. The molecule has 0 radical (unpaired) electrons. The smallest absolute Gasteiger partial charge is 0.329 e. The van der Waals surface area contributed by atoms with E-state index in [2.05, 4.69) is 10.3 Å². The minimum absolute atomic E-state index is 0.220. The molecule has 1 heterocycles. The summed E-state index contributed by atoms with van der Waals surface area (Å²) >= 11 is 0. The van der Waals surface area contributed by atoms with Crippen LogP contribution in [-0.4, -0.2) is 34.8 Å². The van der Waals surface area contributed by atoms with Gasteiger partial charge in [0.1, 0.15) is 11.9 Å². The number of esters is 1. The van der Waals surface area contributed by atoms with Gasteiger partial charge < -0.3 is 15.0 Å². The number of hydrogen-bond donors (Lipinski definition) is 2. The quantitative estimate of drug-likeness (QED) is 0.457. The summed E-state index contributed by atoms with van der Waals surface area (Å²) in [6.07, 6.45) is 0.564. The van der Waals surface area contributed by atoms with Crippen LogP contribution in [0.4, 0.5) is 4.39 Å². The molecule has 3 rings (SSSR count). The number of nitrogens with one attached hydrogen (secondary N) is 2. The number of rotatable bonds is 7. The van der Waals surface area contributed by atoms with Crippen molar-refractivity contribution in [2.45, 2.75) is 32.9 Å². The van der Waals surface area contributed by atoms with Crippen molar-refractivity contribution in [2.24, 2.45) is 5.92 Å². The Labute approximate surface area is 173 Å². The van der Waals surface area contributed by atoms with E-state index in [9.17, 15) is 18.8 Å². The monoisotopic (exact) mass is 410 g/mol. The molecule has 0 bridgehead atoms. The normalized spacial score (nSPS) is 13.1. The summed E-state index contributed by atoms with van der Waals surface area (Å²) in [6.45, 7) is 5.01. The van der Waals surface area contributed by atoms with Gasteiger partial charge in [-0.3, -0.25) is 9.59 Å². The van der Waals surface area contributed by atoms with Crippen molar-refractivity contribution in [1.29, 1.82) is 0 Å². The molecule has 0 saturated carbocycles. The number of carbonyl (C=O) groups is 3. The van der Waals surface area contributed by atoms with Gasteiger partial charge in [0.2, 0.25) is 5.78 Å². The average molecular weight is 410 g/mol. The zero-order valence-electron chi connectivity index (χ0n) is 16.9. The highest BCUT2D eigenvalue weighted by Gasteiger charge is 2.30. The van der Waals surface area contributed by atoms with Crippen LogP contribution in [0, 0.1) is 11.7 Å². The Bertz CT molecular complexity index is 1070. The van der Waals surface area contributed by atoms with E-state index in [4.69, 9.17) is 4.74 Å². The van der Waals surface area contributed by atoms with Gasteiger partial charge in [-0.05, 0) is 43.2 Å². The summed E-state index contributed by atoms with van der Waals surface area (Å²) < 4.78 is 18.4. The fraction of sp³-hybridized carbons (Fsp3) is 0.261. The molecule has 1 amide bonds. The summed E-state index contributed by atoms with van der Waals surface area (Å²) in [5, 5.41) is 3.35. The van der Waals surface area contributed by atoms with E-state index in [0.717, 1.165) is 10.9 Å². The number of carbonyl (C=O) groups excluding carboxylic acids is 3. The number of aromatic nitrogens is 1. The van der Waals surface area contributed by atoms with Gasteiger partial charge in [-0.25, -0.2) is 9.18 Å². The van der Waals surface area contributed by atoms with Gasteiger partial charge in [0, 0.05) is 28.2 Å². The highest BCUT2D eigenvalue weighted by Crippen LogP contribution is 2.20. The number of Topliss-reactive ketones (excluding diaryl/α,β-unsaturated/α-hetero) is 1. The molecule has 2 N–H and O–H groups in total. The lowest BCUT2D eigenvalue weighted by Crippen LogP contribution is -2.46. The van der Waals surface area contributed by atoms with Crippen LogP contribution < -0.4 is 5.32 Å². The Hall–Kier alpha value is -3.48. The molecule has 156 valence electrons. The number of ether oxygens (including phenoxy) is 1. The van der Waals surface area contributed by atoms with E-state index in [0.29, 0.717) is 5.56 Å². The minimum atomic E-state index is -1.03. The zero-order chi connectivity index (χ0) is 21.8. The first-order chi connectivity index (χ1) is 14.3. The van der Waals surface area contributed by atoms with Crippen molar-refractivity contribution in [3.8, 4) is 0 Å². The number of benzene rings is 2. The van der Waals surface area contributed by atoms with E-state index < -0.39 is 29.8 Å². The van der Waals surface area contributed by atoms with E-state index in [-0.39, 0.29) is 17.3 Å². The Morgan fingerprint density at radius 3 is 2.33 bits per heavy atom. The standard InChI is InChI=1S/C23H23FN2O4/c1-13(2)20(26-22(28)15-8-10-16(24)11-9-15)23(29)30-14(3)21(27)18-12-25-19-7-5-4-6-17(18)19/h4-14,20,25H,1-3H3,(H,26,28)/t14-,20+/m1/s1. The summed E-state index contributed by atoms with van der Waals surface area (Å²) in [4.78, 5) is 40.9. The molecular weight excluding hydrogens is 387 g/mol. The van der Waals surface area contributed by atoms with Crippen LogP contribution in [0.15, 0.2) is 54.7 Å². The molecule has 0 unspecified atom stereocenters. The van der Waals surface area contributed by atoms with E-state index in [1.807, 2.05) is 24.3 Å².